The second-order valence-electron chi connectivity index (χ2n) is 5.79. The van der Waals surface area contributed by atoms with Crippen LogP contribution < -0.4 is 33.9 Å². The molecule has 1 aromatic rings. The number of aryl methyl sites for hydroxylation is 1. The van der Waals surface area contributed by atoms with Crippen molar-refractivity contribution in [3.05, 3.63) is 29.6 Å². The molecule has 0 spiro atoms. The van der Waals surface area contributed by atoms with E-state index >= 15 is 0 Å². The largest absolute Gasteiger partial charge is 1.00 e. The van der Waals surface area contributed by atoms with E-state index in [0.717, 1.165) is 11.1 Å². The number of hydrogen-bond acceptors (Lipinski definition) is 1. The molecule has 0 fully saturated rings. The fraction of sp³-hybridized carbons (Fsp3) is 0.571. The maximum absolute atomic E-state index is 12.1. The normalized spacial score (nSPS) is 11.1. The lowest BCUT2D eigenvalue weighted by molar-refractivity contribution is -0.716. The van der Waals surface area contributed by atoms with Crippen molar-refractivity contribution < 1.29 is 33.3 Å². The van der Waals surface area contributed by atoms with Gasteiger partial charge >= 0.3 is 0 Å². The lowest BCUT2D eigenvalue weighted by Crippen LogP contribution is -3.00. The molecule has 0 aliphatic rings. The molecule has 0 saturated heterocycles. The van der Waals surface area contributed by atoms with Crippen molar-refractivity contribution in [3.63, 3.8) is 0 Å². The number of nitrogens with one attached hydrogen (secondary N) is 1. The van der Waals surface area contributed by atoms with Gasteiger partial charge in [0.2, 0.25) is 0 Å². The summed E-state index contributed by atoms with van der Waals surface area (Å²) in [4.78, 5) is 12.1. The van der Waals surface area contributed by atoms with Crippen LogP contribution >= 0.6 is 0 Å². The van der Waals surface area contributed by atoms with Gasteiger partial charge in [-0.3, -0.25) is 4.79 Å². The zero-order valence-electron chi connectivity index (χ0n) is 12.0. The zero-order chi connectivity index (χ0) is 13.2. The molecular formula is C14H23IN2O. The highest BCUT2D eigenvalue weighted by Crippen LogP contribution is 2.08. The molecule has 3 nitrogen and oxygen atoms in total. The SMILES string of the molecule is Cc1cc[n+](C(C)C)cc1C(=O)NC(C)(C)C.[I-]. The Morgan fingerprint density at radius 1 is 1.33 bits per heavy atom. The topological polar surface area (TPSA) is 33.0 Å². The summed E-state index contributed by atoms with van der Waals surface area (Å²) in [6, 6.07) is 2.34. The molecule has 0 saturated carbocycles. The van der Waals surface area contributed by atoms with Crippen LogP contribution in [-0.2, 0) is 0 Å². The number of carbonyl (C=O) groups is 1. The third kappa shape index (κ3) is 4.92. The van der Waals surface area contributed by atoms with Crippen LogP contribution in [0.5, 0.6) is 0 Å². The van der Waals surface area contributed by atoms with Crippen LogP contribution in [0.4, 0.5) is 0 Å². The van der Waals surface area contributed by atoms with Gasteiger partial charge in [0.15, 0.2) is 18.4 Å². The minimum Gasteiger partial charge on any atom is -1.00 e. The number of amides is 1. The molecule has 1 heterocycles. The van der Waals surface area contributed by atoms with E-state index in [1.54, 1.807) is 0 Å². The van der Waals surface area contributed by atoms with Gasteiger partial charge < -0.3 is 29.3 Å². The lowest BCUT2D eigenvalue weighted by Gasteiger charge is -2.20. The van der Waals surface area contributed by atoms with Gasteiger partial charge in [-0.15, -0.1) is 0 Å². The first kappa shape index (κ1) is 17.4. The number of pyridine rings is 1. The van der Waals surface area contributed by atoms with Crippen LogP contribution in [0, 0.1) is 6.92 Å². The predicted molar refractivity (Wildman–Crippen MR) is 69.0 cm³/mol. The van der Waals surface area contributed by atoms with Crippen molar-refractivity contribution >= 4 is 5.91 Å². The molecule has 0 unspecified atom stereocenters. The summed E-state index contributed by atoms with van der Waals surface area (Å²) >= 11 is 0. The van der Waals surface area contributed by atoms with Crippen molar-refractivity contribution in [2.24, 2.45) is 0 Å². The van der Waals surface area contributed by atoms with Gasteiger partial charge in [0, 0.05) is 11.6 Å². The van der Waals surface area contributed by atoms with Gasteiger partial charge in [-0.1, -0.05) is 0 Å². The molecule has 1 amide bonds. The highest BCUT2D eigenvalue weighted by atomic mass is 127. The third-order valence-corrected chi connectivity index (χ3v) is 2.53. The van der Waals surface area contributed by atoms with Gasteiger partial charge in [0.1, 0.15) is 5.56 Å². The summed E-state index contributed by atoms with van der Waals surface area (Å²) in [5, 5.41) is 2.99. The number of aromatic nitrogens is 1. The minimum absolute atomic E-state index is 0. The Kier molecular flexibility index (Phi) is 6.26. The lowest BCUT2D eigenvalue weighted by atomic mass is 10.1. The Bertz CT molecular complexity index is 422. The summed E-state index contributed by atoms with van der Waals surface area (Å²) in [6.45, 7) is 12.1. The van der Waals surface area contributed by atoms with Crippen molar-refractivity contribution in [1.29, 1.82) is 0 Å². The Morgan fingerprint density at radius 3 is 2.33 bits per heavy atom. The molecule has 0 radical (unpaired) electrons. The first-order valence-electron chi connectivity index (χ1n) is 6.04. The molecule has 0 atom stereocenters. The second kappa shape index (κ2) is 6.50. The van der Waals surface area contributed by atoms with E-state index in [2.05, 4.69) is 19.2 Å². The quantitative estimate of drug-likeness (QED) is 0.553. The maximum atomic E-state index is 12.1. The van der Waals surface area contributed by atoms with E-state index in [1.165, 1.54) is 0 Å². The van der Waals surface area contributed by atoms with E-state index in [-0.39, 0.29) is 35.4 Å². The van der Waals surface area contributed by atoms with Gasteiger partial charge in [0.05, 0.1) is 0 Å². The number of halogens is 1. The molecule has 1 aromatic heterocycles. The summed E-state index contributed by atoms with van der Waals surface area (Å²) in [6.07, 6.45) is 3.93. The Labute approximate surface area is 127 Å². The molecular weight excluding hydrogens is 339 g/mol. The Morgan fingerprint density at radius 2 is 1.89 bits per heavy atom. The van der Waals surface area contributed by atoms with Crippen LogP contribution in [0.25, 0.3) is 0 Å². The van der Waals surface area contributed by atoms with E-state index < -0.39 is 0 Å². The maximum Gasteiger partial charge on any atom is 0.258 e. The van der Waals surface area contributed by atoms with E-state index in [0.29, 0.717) is 6.04 Å². The Balaban J connectivity index is 0.00000289. The fourth-order valence-corrected chi connectivity index (χ4v) is 1.55. The van der Waals surface area contributed by atoms with Gasteiger partial charge in [0.25, 0.3) is 5.91 Å². The van der Waals surface area contributed by atoms with Crippen LogP contribution in [-0.4, -0.2) is 11.4 Å². The van der Waals surface area contributed by atoms with Crippen molar-refractivity contribution in [1.82, 2.24) is 5.32 Å². The van der Waals surface area contributed by atoms with Crippen LogP contribution in [0.1, 0.15) is 56.6 Å². The summed E-state index contributed by atoms with van der Waals surface area (Å²) in [7, 11) is 0. The summed E-state index contributed by atoms with van der Waals surface area (Å²) in [5.41, 5.74) is 1.54. The zero-order valence-corrected chi connectivity index (χ0v) is 14.2. The van der Waals surface area contributed by atoms with Gasteiger partial charge in [-0.25, -0.2) is 4.57 Å². The number of carbonyl (C=O) groups excluding carboxylic acids is 1. The smallest absolute Gasteiger partial charge is 0.258 e. The van der Waals surface area contributed by atoms with Crippen molar-refractivity contribution in [2.75, 3.05) is 0 Å². The molecule has 1 rings (SSSR count). The molecule has 18 heavy (non-hydrogen) atoms. The van der Waals surface area contributed by atoms with E-state index in [9.17, 15) is 4.79 Å². The molecule has 0 aliphatic heterocycles. The summed E-state index contributed by atoms with van der Waals surface area (Å²) in [5.74, 6) is -0.00926. The average Bonchev–Trinajstić information content (AvgIpc) is 2.14. The van der Waals surface area contributed by atoms with E-state index in [4.69, 9.17) is 0 Å². The predicted octanol–water partition coefficient (Wildman–Crippen LogP) is -0.604. The number of nitrogens with zero attached hydrogens (tertiary/aromatic N) is 1. The fourth-order valence-electron chi connectivity index (χ4n) is 1.55. The molecule has 1 N–H and O–H groups in total. The van der Waals surface area contributed by atoms with Crippen LogP contribution in [0.15, 0.2) is 18.5 Å². The van der Waals surface area contributed by atoms with E-state index in [1.807, 2.05) is 50.7 Å². The van der Waals surface area contributed by atoms with Crippen LogP contribution in [0.3, 0.4) is 0 Å². The molecule has 0 bridgehead atoms. The first-order chi connectivity index (χ1) is 7.70. The molecule has 0 aromatic carbocycles. The standard InChI is InChI=1S/C14H22N2O.HI/c1-10(2)16-8-7-11(3)12(9-16)13(17)15-14(4,5)6;/h7-10H,1-6H3;1H. The molecule has 102 valence electrons. The summed E-state index contributed by atoms with van der Waals surface area (Å²) < 4.78 is 2.05. The minimum atomic E-state index is -0.206. The highest BCUT2D eigenvalue weighted by molar-refractivity contribution is 5.95. The second-order valence-corrected chi connectivity index (χ2v) is 5.79. The Hall–Kier alpha value is -0.650. The highest BCUT2D eigenvalue weighted by Gasteiger charge is 2.20. The molecule has 0 aliphatic carbocycles. The monoisotopic (exact) mass is 362 g/mol. The molecule has 4 heteroatoms. The number of rotatable bonds is 2. The van der Waals surface area contributed by atoms with Gasteiger partial charge in [-0.2, -0.15) is 0 Å². The first-order valence-corrected chi connectivity index (χ1v) is 6.04. The number of hydrogen-bond donors (Lipinski definition) is 1. The van der Waals surface area contributed by atoms with Crippen molar-refractivity contribution in [3.8, 4) is 0 Å². The average molecular weight is 362 g/mol. The van der Waals surface area contributed by atoms with Gasteiger partial charge in [-0.05, 0) is 47.1 Å². The van der Waals surface area contributed by atoms with Crippen LogP contribution in [0.2, 0.25) is 0 Å². The third-order valence-electron chi connectivity index (χ3n) is 2.53. The van der Waals surface area contributed by atoms with Crippen molar-refractivity contribution in [2.45, 2.75) is 53.1 Å².